The molecule has 2 fully saturated rings. The number of carbonyl (C=O) groups is 1. The maximum Gasteiger partial charge on any atom is 0.255 e. The molecule has 2 aliphatic rings. The second-order valence-electron chi connectivity index (χ2n) is 6.60. The molecule has 0 radical (unpaired) electrons. The van der Waals surface area contributed by atoms with Gasteiger partial charge in [-0.3, -0.25) is 4.79 Å². The van der Waals surface area contributed by atoms with Gasteiger partial charge in [-0.05, 0) is 37.1 Å². The number of benzene rings is 1. The van der Waals surface area contributed by atoms with Crippen molar-refractivity contribution in [3.05, 3.63) is 57.7 Å². The number of rotatable bonds is 3. The van der Waals surface area contributed by atoms with Gasteiger partial charge in [0, 0.05) is 41.7 Å². The quantitative estimate of drug-likeness (QED) is 0.720. The maximum atomic E-state index is 13.1. The molecule has 1 aromatic carbocycles. The van der Waals surface area contributed by atoms with Crippen molar-refractivity contribution in [3.8, 4) is 5.88 Å². The summed E-state index contributed by atoms with van der Waals surface area (Å²) in [6, 6.07) is 11.5. The van der Waals surface area contributed by atoms with Gasteiger partial charge in [-0.2, -0.15) is 0 Å². The Morgan fingerprint density at radius 2 is 1.96 bits per heavy atom. The molecule has 4 rings (SSSR count). The van der Waals surface area contributed by atoms with E-state index in [1.807, 2.05) is 29.2 Å². The lowest BCUT2D eigenvalue weighted by atomic mass is 9.98. The molecule has 0 aliphatic carbocycles. The third-order valence-corrected chi connectivity index (χ3v) is 5.83. The molecule has 4 nitrogen and oxygen atoms in total. The molecule has 1 aromatic heterocycles. The highest BCUT2D eigenvalue weighted by Crippen LogP contribution is 2.39. The minimum absolute atomic E-state index is 0.0232. The van der Waals surface area contributed by atoms with E-state index in [2.05, 4.69) is 20.9 Å². The Kier molecular flexibility index (Phi) is 4.69. The van der Waals surface area contributed by atoms with Crippen LogP contribution < -0.4 is 4.74 Å². The molecular weight excluding hydrogens is 404 g/mol. The molecule has 0 spiro atoms. The van der Waals surface area contributed by atoms with Crippen molar-refractivity contribution in [2.45, 2.75) is 43.9 Å². The van der Waals surface area contributed by atoms with Gasteiger partial charge in [0.05, 0.1) is 10.6 Å². The second kappa shape index (κ2) is 6.96. The van der Waals surface area contributed by atoms with Crippen LogP contribution in [0.25, 0.3) is 0 Å². The van der Waals surface area contributed by atoms with E-state index in [1.165, 1.54) is 0 Å². The number of hydrogen-bond donors (Lipinski definition) is 0. The standard InChI is InChI=1S/C19H18BrClN2O2/c20-12-4-7-17(21)16(9-12)19(24)23-13-5-6-14(23)11-15(10-13)25-18-3-1-2-8-22-18/h1-4,7-9,13-15H,5-6,10-11H2. The number of aromatic nitrogens is 1. The number of piperidine rings is 1. The highest BCUT2D eigenvalue weighted by Gasteiger charge is 2.44. The van der Waals surface area contributed by atoms with Gasteiger partial charge >= 0.3 is 0 Å². The fourth-order valence-electron chi connectivity index (χ4n) is 3.94. The molecule has 25 heavy (non-hydrogen) atoms. The number of ether oxygens (including phenoxy) is 1. The zero-order chi connectivity index (χ0) is 17.4. The van der Waals surface area contributed by atoms with Crippen LogP contribution in [0.15, 0.2) is 47.1 Å². The number of hydrogen-bond acceptors (Lipinski definition) is 3. The fraction of sp³-hybridized carbons (Fsp3) is 0.368. The fourth-order valence-corrected chi connectivity index (χ4v) is 4.50. The number of fused-ring (bicyclic) bond motifs is 2. The van der Waals surface area contributed by atoms with E-state index in [4.69, 9.17) is 16.3 Å². The highest BCUT2D eigenvalue weighted by atomic mass is 79.9. The predicted molar refractivity (Wildman–Crippen MR) is 100 cm³/mol. The summed E-state index contributed by atoms with van der Waals surface area (Å²) >= 11 is 9.69. The van der Waals surface area contributed by atoms with Crippen LogP contribution in [0.1, 0.15) is 36.0 Å². The third kappa shape index (κ3) is 3.40. The topological polar surface area (TPSA) is 42.4 Å². The van der Waals surface area contributed by atoms with E-state index in [0.29, 0.717) is 16.5 Å². The Morgan fingerprint density at radius 1 is 1.20 bits per heavy atom. The summed E-state index contributed by atoms with van der Waals surface area (Å²) in [7, 11) is 0. The first-order valence-electron chi connectivity index (χ1n) is 8.47. The zero-order valence-corrected chi connectivity index (χ0v) is 15.9. The molecular formula is C19H18BrClN2O2. The molecule has 6 heteroatoms. The average molecular weight is 422 g/mol. The van der Waals surface area contributed by atoms with Crippen LogP contribution in [-0.4, -0.2) is 34.0 Å². The minimum Gasteiger partial charge on any atom is -0.474 e. The van der Waals surface area contributed by atoms with Gasteiger partial charge in [0.25, 0.3) is 5.91 Å². The molecule has 0 N–H and O–H groups in total. The van der Waals surface area contributed by atoms with Crippen LogP contribution in [0.3, 0.4) is 0 Å². The van der Waals surface area contributed by atoms with Crippen LogP contribution in [0.5, 0.6) is 5.88 Å². The van der Waals surface area contributed by atoms with Gasteiger partial charge in [-0.15, -0.1) is 0 Å². The molecule has 2 atom stereocenters. The van der Waals surface area contributed by atoms with Crippen molar-refractivity contribution in [2.75, 3.05) is 0 Å². The highest BCUT2D eigenvalue weighted by molar-refractivity contribution is 9.10. The molecule has 2 aliphatic heterocycles. The number of halogens is 2. The zero-order valence-electron chi connectivity index (χ0n) is 13.6. The van der Waals surface area contributed by atoms with Gasteiger partial charge < -0.3 is 9.64 Å². The summed E-state index contributed by atoms with van der Waals surface area (Å²) in [5, 5.41) is 0.499. The molecule has 3 heterocycles. The van der Waals surface area contributed by atoms with E-state index in [1.54, 1.807) is 18.3 Å². The number of carbonyl (C=O) groups excluding carboxylic acids is 1. The molecule has 130 valence electrons. The van der Waals surface area contributed by atoms with Gasteiger partial charge in [0.15, 0.2) is 0 Å². The largest absolute Gasteiger partial charge is 0.474 e. The van der Waals surface area contributed by atoms with Gasteiger partial charge in [0.1, 0.15) is 6.10 Å². The van der Waals surface area contributed by atoms with Crippen molar-refractivity contribution in [1.29, 1.82) is 0 Å². The van der Waals surface area contributed by atoms with Crippen LogP contribution in [-0.2, 0) is 0 Å². The Bertz CT molecular complexity index is 772. The smallest absolute Gasteiger partial charge is 0.255 e. The van der Waals surface area contributed by atoms with Crippen molar-refractivity contribution in [3.63, 3.8) is 0 Å². The molecule has 2 aromatic rings. The van der Waals surface area contributed by atoms with Crippen molar-refractivity contribution < 1.29 is 9.53 Å². The molecule has 2 saturated heterocycles. The summed E-state index contributed by atoms with van der Waals surface area (Å²) in [6.45, 7) is 0. The van der Waals surface area contributed by atoms with Crippen LogP contribution in [0, 0.1) is 0 Å². The summed E-state index contributed by atoms with van der Waals surface area (Å²) in [6.07, 6.45) is 5.55. The predicted octanol–water partition coefficient (Wildman–Crippen LogP) is 4.71. The normalized spacial score (nSPS) is 25.0. The summed E-state index contributed by atoms with van der Waals surface area (Å²) < 4.78 is 6.89. The lowest BCUT2D eigenvalue weighted by molar-refractivity contribution is 0.0348. The Morgan fingerprint density at radius 3 is 2.64 bits per heavy atom. The lowest BCUT2D eigenvalue weighted by Gasteiger charge is -2.39. The lowest BCUT2D eigenvalue weighted by Crippen LogP contribution is -2.49. The second-order valence-corrected chi connectivity index (χ2v) is 7.92. The van der Waals surface area contributed by atoms with Crippen LogP contribution >= 0.6 is 27.5 Å². The third-order valence-electron chi connectivity index (χ3n) is 5.01. The molecule has 2 unspecified atom stereocenters. The average Bonchev–Trinajstić information content (AvgIpc) is 2.88. The summed E-state index contributed by atoms with van der Waals surface area (Å²) in [4.78, 5) is 19.3. The summed E-state index contributed by atoms with van der Waals surface area (Å²) in [5.41, 5.74) is 0.567. The number of pyridine rings is 1. The Hall–Kier alpha value is -1.59. The Labute approximate surface area is 160 Å². The first-order chi connectivity index (χ1) is 12.1. The van der Waals surface area contributed by atoms with E-state index >= 15 is 0 Å². The van der Waals surface area contributed by atoms with Crippen molar-refractivity contribution in [2.24, 2.45) is 0 Å². The SMILES string of the molecule is O=C(c1cc(Br)ccc1Cl)N1C2CCC1CC(Oc1ccccn1)C2. The van der Waals surface area contributed by atoms with Gasteiger partial charge in [-0.25, -0.2) is 4.98 Å². The van der Waals surface area contributed by atoms with E-state index in [0.717, 1.165) is 30.2 Å². The monoisotopic (exact) mass is 420 g/mol. The summed E-state index contributed by atoms with van der Waals surface area (Å²) in [5.74, 6) is 0.678. The van der Waals surface area contributed by atoms with Gasteiger partial charge in [0.2, 0.25) is 5.88 Å². The minimum atomic E-state index is 0.0232. The van der Waals surface area contributed by atoms with Crippen molar-refractivity contribution >= 4 is 33.4 Å². The van der Waals surface area contributed by atoms with E-state index < -0.39 is 0 Å². The first-order valence-corrected chi connectivity index (χ1v) is 9.64. The first kappa shape index (κ1) is 16.9. The van der Waals surface area contributed by atoms with E-state index in [9.17, 15) is 4.79 Å². The van der Waals surface area contributed by atoms with E-state index in [-0.39, 0.29) is 24.1 Å². The van der Waals surface area contributed by atoms with Crippen LogP contribution in [0.2, 0.25) is 5.02 Å². The number of nitrogens with zero attached hydrogens (tertiary/aromatic N) is 2. The molecule has 2 bridgehead atoms. The van der Waals surface area contributed by atoms with Crippen molar-refractivity contribution in [1.82, 2.24) is 9.88 Å². The van der Waals surface area contributed by atoms with Crippen LogP contribution in [0.4, 0.5) is 0 Å². The number of amides is 1. The van der Waals surface area contributed by atoms with Gasteiger partial charge in [-0.1, -0.05) is 33.6 Å². The maximum absolute atomic E-state index is 13.1. The molecule has 1 amide bonds. The Balaban J connectivity index is 1.50. The molecule has 0 saturated carbocycles.